The highest BCUT2D eigenvalue weighted by atomic mass is 35.5. The van der Waals surface area contributed by atoms with Crippen LogP contribution < -0.4 is 20.1 Å². The number of carbonyl (C=O) groups excluding carboxylic acids is 2. The highest BCUT2D eigenvalue weighted by Crippen LogP contribution is 2.36. The molecule has 37 heavy (non-hydrogen) atoms. The molecule has 1 saturated heterocycles. The second kappa shape index (κ2) is 11.5. The molecule has 3 amide bonds. The third-order valence-electron chi connectivity index (χ3n) is 6.26. The van der Waals surface area contributed by atoms with Gasteiger partial charge in [0.1, 0.15) is 17.3 Å². The van der Waals surface area contributed by atoms with Gasteiger partial charge in [-0.05, 0) is 37.3 Å². The van der Waals surface area contributed by atoms with E-state index in [2.05, 4.69) is 20.5 Å². The fourth-order valence-electron chi connectivity index (χ4n) is 4.08. The van der Waals surface area contributed by atoms with Gasteiger partial charge in [0.15, 0.2) is 0 Å². The third-order valence-corrected chi connectivity index (χ3v) is 6.56. The van der Waals surface area contributed by atoms with E-state index in [9.17, 15) is 9.59 Å². The number of hydrogen-bond donors (Lipinski definition) is 2. The Morgan fingerprint density at radius 2 is 1.73 bits per heavy atom. The normalized spacial score (nSPS) is 13.8. The van der Waals surface area contributed by atoms with Crippen LogP contribution in [0.3, 0.4) is 0 Å². The molecule has 1 fully saturated rings. The number of rotatable bonds is 7. The van der Waals surface area contributed by atoms with Gasteiger partial charge in [-0.25, -0.2) is 9.78 Å². The molecule has 1 aliphatic rings. The van der Waals surface area contributed by atoms with Gasteiger partial charge in [-0.15, -0.1) is 0 Å². The lowest BCUT2D eigenvalue weighted by Gasteiger charge is -2.34. The van der Waals surface area contributed by atoms with Gasteiger partial charge in [-0.2, -0.15) is 0 Å². The summed E-state index contributed by atoms with van der Waals surface area (Å²) in [6.45, 7) is 5.00. The monoisotopic (exact) mass is 527 g/mol. The van der Waals surface area contributed by atoms with Gasteiger partial charge in [0.25, 0.3) is 5.91 Å². The molecule has 0 radical (unpaired) electrons. The zero-order valence-corrected chi connectivity index (χ0v) is 22.0. The molecule has 0 aliphatic carbocycles. The zero-order valence-electron chi connectivity index (χ0n) is 21.3. The van der Waals surface area contributed by atoms with Gasteiger partial charge in [0.05, 0.1) is 30.6 Å². The summed E-state index contributed by atoms with van der Waals surface area (Å²) in [5.41, 5.74) is 2.71. The molecule has 10 nitrogen and oxygen atoms in total. The van der Waals surface area contributed by atoms with Gasteiger partial charge in [0, 0.05) is 57.0 Å². The molecule has 0 spiro atoms. The molecule has 11 heteroatoms. The lowest BCUT2D eigenvalue weighted by molar-refractivity contribution is 0.0963. The quantitative estimate of drug-likeness (QED) is 0.477. The second-order valence-corrected chi connectivity index (χ2v) is 8.97. The number of methoxy groups -OCH3 is 2. The number of benzene rings is 2. The number of nitrogens with one attached hydrogen (secondary N) is 2. The molecule has 4 rings (SSSR count). The topological polar surface area (TPSA) is 109 Å². The number of halogens is 1. The number of urea groups is 1. The number of amides is 3. The van der Waals surface area contributed by atoms with Gasteiger partial charge < -0.3 is 29.4 Å². The average molecular weight is 528 g/mol. The maximum Gasteiger partial charge on any atom is 0.322 e. The molecule has 0 atom stereocenters. The van der Waals surface area contributed by atoms with Crippen molar-refractivity contribution in [1.29, 1.82) is 0 Å². The Morgan fingerprint density at radius 1 is 1.05 bits per heavy atom. The van der Waals surface area contributed by atoms with Gasteiger partial charge in [0.2, 0.25) is 5.89 Å². The van der Waals surface area contributed by atoms with Crippen LogP contribution in [0.5, 0.6) is 11.5 Å². The van der Waals surface area contributed by atoms with Crippen molar-refractivity contribution in [1.82, 2.24) is 20.1 Å². The predicted molar refractivity (Wildman–Crippen MR) is 140 cm³/mol. The number of aryl methyl sites for hydroxylation is 1. The number of oxazole rings is 1. The molecule has 0 bridgehead atoms. The van der Waals surface area contributed by atoms with E-state index >= 15 is 0 Å². The van der Waals surface area contributed by atoms with Crippen LogP contribution in [0.2, 0.25) is 5.02 Å². The molecular formula is C26H30ClN5O5. The Balaban J connectivity index is 1.34. The number of anilines is 1. The largest absolute Gasteiger partial charge is 0.495 e. The number of nitrogens with zero attached hydrogens (tertiary/aromatic N) is 3. The molecule has 196 valence electrons. The average Bonchev–Trinajstić information content (AvgIpc) is 3.28. The summed E-state index contributed by atoms with van der Waals surface area (Å²) in [4.78, 5) is 33.3. The van der Waals surface area contributed by atoms with Crippen molar-refractivity contribution in [2.75, 3.05) is 52.8 Å². The minimum Gasteiger partial charge on any atom is -0.495 e. The van der Waals surface area contributed by atoms with Crippen molar-refractivity contribution in [2.45, 2.75) is 13.5 Å². The van der Waals surface area contributed by atoms with Gasteiger partial charge in [-0.3, -0.25) is 9.69 Å². The minimum atomic E-state index is -0.223. The third kappa shape index (κ3) is 5.98. The molecule has 2 N–H and O–H groups in total. The van der Waals surface area contributed by atoms with Crippen LogP contribution in [0.25, 0.3) is 11.5 Å². The summed E-state index contributed by atoms with van der Waals surface area (Å²) in [5.74, 6) is 2.05. The molecule has 1 aromatic heterocycles. The van der Waals surface area contributed by atoms with Crippen molar-refractivity contribution >= 4 is 29.2 Å². The summed E-state index contributed by atoms with van der Waals surface area (Å²) in [6, 6.07) is 10.2. The summed E-state index contributed by atoms with van der Waals surface area (Å²) in [5, 5.41) is 5.87. The number of aromatic nitrogens is 1. The minimum absolute atomic E-state index is 0.143. The van der Waals surface area contributed by atoms with E-state index in [-0.39, 0.29) is 11.9 Å². The van der Waals surface area contributed by atoms with Crippen molar-refractivity contribution in [2.24, 2.45) is 0 Å². The lowest BCUT2D eigenvalue weighted by Crippen LogP contribution is -2.49. The van der Waals surface area contributed by atoms with E-state index < -0.39 is 0 Å². The summed E-state index contributed by atoms with van der Waals surface area (Å²) in [6.07, 6.45) is 0. The molecular weight excluding hydrogens is 498 g/mol. The van der Waals surface area contributed by atoms with Crippen molar-refractivity contribution in [3.05, 3.63) is 58.4 Å². The zero-order chi connectivity index (χ0) is 26.5. The lowest BCUT2D eigenvalue weighted by atomic mass is 10.1. The Morgan fingerprint density at radius 3 is 2.35 bits per heavy atom. The van der Waals surface area contributed by atoms with E-state index in [1.165, 1.54) is 14.2 Å². The van der Waals surface area contributed by atoms with Crippen molar-refractivity contribution < 1.29 is 23.5 Å². The van der Waals surface area contributed by atoms with E-state index in [1.807, 2.05) is 19.1 Å². The summed E-state index contributed by atoms with van der Waals surface area (Å²) < 4.78 is 16.5. The number of hydrogen-bond acceptors (Lipinski definition) is 7. The van der Waals surface area contributed by atoms with Crippen LogP contribution >= 0.6 is 11.6 Å². The SMILES string of the molecule is CNC(=O)c1ccc(-c2nc(CN3CCN(C(=O)Nc4cc(Cl)c(OC)cc4OC)CC3)c(C)o2)cc1. The Hall–Kier alpha value is -3.76. The predicted octanol–water partition coefficient (Wildman–Crippen LogP) is 4.03. The van der Waals surface area contributed by atoms with Crippen LogP contribution in [-0.4, -0.2) is 74.2 Å². The fraction of sp³-hybridized carbons (Fsp3) is 0.346. The van der Waals surface area contributed by atoms with Gasteiger partial charge >= 0.3 is 6.03 Å². The van der Waals surface area contributed by atoms with E-state index in [1.54, 1.807) is 36.2 Å². The van der Waals surface area contributed by atoms with Crippen molar-refractivity contribution in [3.63, 3.8) is 0 Å². The van der Waals surface area contributed by atoms with Crippen LogP contribution in [0.1, 0.15) is 21.8 Å². The Bertz CT molecular complexity index is 1270. The fourth-order valence-corrected chi connectivity index (χ4v) is 4.32. The first-order valence-electron chi connectivity index (χ1n) is 11.8. The number of ether oxygens (including phenoxy) is 2. The molecule has 2 heterocycles. The highest BCUT2D eigenvalue weighted by Gasteiger charge is 2.24. The molecule has 2 aromatic carbocycles. The molecule has 0 saturated carbocycles. The van der Waals surface area contributed by atoms with E-state index in [0.29, 0.717) is 66.4 Å². The summed E-state index contributed by atoms with van der Waals surface area (Å²) in [7, 11) is 4.64. The second-order valence-electron chi connectivity index (χ2n) is 8.56. The number of piperazine rings is 1. The Kier molecular flexibility index (Phi) is 8.20. The van der Waals surface area contributed by atoms with Crippen LogP contribution in [0.15, 0.2) is 40.8 Å². The van der Waals surface area contributed by atoms with E-state index in [4.69, 9.17) is 25.5 Å². The van der Waals surface area contributed by atoms with Crippen LogP contribution in [0.4, 0.5) is 10.5 Å². The Labute approximate surface area is 220 Å². The van der Waals surface area contributed by atoms with Crippen LogP contribution in [0, 0.1) is 6.92 Å². The smallest absolute Gasteiger partial charge is 0.322 e. The first kappa shape index (κ1) is 26.3. The van der Waals surface area contributed by atoms with Crippen LogP contribution in [-0.2, 0) is 6.54 Å². The first-order chi connectivity index (χ1) is 17.8. The number of carbonyl (C=O) groups is 2. The molecule has 0 unspecified atom stereocenters. The maximum absolute atomic E-state index is 12.9. The molecule has 3 aromatic rings. The summed E-state index contributed by atoms with van der Waals surface area (Å²) >= 11 is 6.22. The van der Waals surface area contributed by atoms with Gasteiger partial charge in [-0.1, -0.05) is 11.6 Å². The standard InChI is InChI=1S/C26H30ClN5O5/c1-16-21(29-25(37-16)18-7-5-17(6-8-18)24(33)28-2)15-31-9-11-32(12-10-31)26(34)30-20-13-19(27)22(35-3)14-23(20)36-4/h5-8,13-14H,9-12,15H2,1-4H3,(H,28,33)(H,30,34). The van der Waals surface area contributed by atoms with Crippen molar-refractivity contribution in [3.8, 4) is 23.0 Å². The maximum atomic E-state index is 12.9. The van der Waals surface area contributed by atoms with E-state index in [0.717, 1.165) is 17.0 Å². The first-order valence-corrected chi connectivity index (χ1v) is 12.2. The molecule has 1 aliphatic heterocycles. The highest BCUT2D eigenvalue weighted by molar-refractivity contribution is 6.32.